The van der Waals surface area contributed by atoms with Crippen LogP contribution in [0.5, 0.6) is 5.75 Å². The Morgan fingerprint density at radius 1 is 1.14 bits per heavy atom. The molecule has 0 saturated carbocycles. The van der Waals surface area contributed by atoms with Gasteiger partial charge in [0.2, 0.25) is 11.9 Å². The summed E-state index contributed by atoms with van der Waals surface area (Å²) >= 11 is 12.4. The van der Waals surface area contributed by atoms with E-state index < -0.39 is 56.2 Å². The van der Waals surface area contributed by atoms with Gasteiger partial charge in [-0.05, 0) is 63.6 Å². The van der Waals surface area contributed by atoms with Crippen LogP contribution in [0.4, 0.5) is 24.8 Å². The molecule has 1 aliphatic heterocycles. The quantitative estimate of drug-likeness (QED) is 0.291. The number of sulfonamides is 1. The fraction of sp³-hybridized carbons (Fsp3) is 0.370. The minimum atomic E-state index is -4.90. The Hall–Kier alpha value is -3.37. The van der Waals surface area contributed by atoms with Crippen molar-refractivity contribution in [2.24, 2.45) is 0 Å². The van der Waals surface area contributed by atoms with Crippen LogP contribution < -0.4 is 19.7 Å². The Balaban J connectivity index is 1.76. The van der Waals surface area contributed by atoms with Gasteiger partial charge in [0, 0.05) is 23.0 Å². The molecule has 0 fully saturated rings. The number of ether oxygens (including phenoxy) is 1. The fourth-order valence-electron chi connectivity index (χ4n) is 4.63. The lowest BCUT2D eigenvalue weighted by Gasteiger charge is -2.27. The highest BCUT2D eigenvalue weighted by atomic mass is 35.5. The van der Waals surface area contributed by atoms with Gasteiger partial charge < -0.3 is 15.2 Å². The van der Waals surface area contributed by atoms with Crippen molar-refractivity contribution in [2.45, 2.75) is 62.7 Å². The lowest BCUT2D eigenvalue weighted by molar-refractivity contribution is -0.274. The van der Waals surface area contributed by atoms with E-state index >= 15 is 0 Å². The van der Waals surface area contributed by atoms with Crippen LogP contribution in [0.2, 0.25) is 10.0 Å². The van der Waals surface area contributed by atoms with E-state index in [-0.39, 0.29) is 34.6 Å². The van der Waals surface area contributed by atoms with Crippen molar-refractivity contribution in [1.29, 1.82) is 0 Å². The number of aliphatic hydroxyl groups is 1. The number of hydrogen-bond donors (Lipinski definition) is 3. The number of amides is 2. The Kier molecular flexibility index (Phi) is 9.03. The third-order valence-electron chi connectivity index (χ3n) is 6.57. The summed E-state index contributed by atoms with van der Waals surface area (Å²) in [7, 11) is -4.52. The summed E-state index contributed by atoms with van der Waals surface area (Å²) in [4.78, 5) is 32.0. The number of hydrogen-bond acceptors (Lipinski definition) is 7. The first-order valence-electron chi connectivity index (χ1n) is 13.0. The molecule has 1 aromatic heterocycles. The number of aromatic nitrogens is 2. The number of fused-ring (bicyclic) bond motifs is 1. The summed E-state index contributed by atoms with van der Waals surface area (Å²) in [6.07, 6.45) is -4.07. The number of imidazole rings is 1. The van der Waals surface area contributed by atoms with Crippen molar-refractivity contribution in [1.82, 2.24) is 19.6 Å². The molecule has 3 aromatic rings. The van der Waals surface area contributed by atoms with Gasteiger partial charge in [0.05, 0.1) is 23.5 Å². The van der Waals surface area contributed by atoms with Gasteiger partial charge in [-0.15, -0.1) is 13.2 Å². The summed E-state index contributed by atoms with van der Waals surface area (Å²) < 4.78 is 72.6. The number of nitrogens with one attached hydrogen (secondary N) is 2. The van der Waals surface area contributed by atoms with Crippen LogP contribution in [0.15, 0.2) is 53.7 Å². The summed E-state index contributed by atoms with van der Waals surface area (Å²) in [6, 6.07) is 7.79. The molecule has 3 N–H and O–H groups in total. The van der Waals surface area contributed by atoms with E-state index in [1.807, 2.05) is 0 Å². The molecule has 2 heterocycles. The van der Waals surface area contributed by atoms with E-state index in [0.29, 0.717) is 5.56 Å². The van der Waals surface area contributed by atoms with Gasteiger partial charge in [0.1, 0.15) is 11.3 Å². The summed E-state index contributed by atoms with van der Waals surface area (Å²) in [5.74, 6) is -1.94. The van der Waals surface area contributed by atoms with Crippen molar-refractivity contribution in [3.63, 3.8) is 0 Å². The highest BCUT2D eigenvalue weighted by molar-refractivity contribution is 7.89. The Bertz CT molecular complexity index is 1670. The molecule has 2 unspecified atom stereocenters. The zero-order valence-corrected chi connectivity index (χ0v) is 26.1. The lowest BCUT2D eigenvalue weighted by Crippen LogP contribution is -2.49. The molecule has 0 saturated heterocycles. The molecule has 0 bridgehead atoms. The minimum absolute atomic E-state index is 0.104. The first-order valence-corrected chi connectivity index (χ1v) is 15.2. The molecule has 4 rings (SSSR count). The van der Waals surface area contributed by atoms with Gasteiger partial charge in [-0.3, -0.25) is 14.2 Å². The first-order chi connectivity index (χ1) is 20.2. The zero-order chi connectivity index (χ0) is 32.8. The Morgan fingerprint density at radius 2 is 1.73 bits per heavy atom. The molecule has 0 spiro atoms. The SMILES string of the molecule is CC(NS(=O)(=O)c1cnc2n1C(C)(Cc1ccc(OC(F)(F)F)cc1)C(=O)N2c1cc(Cl)cc(Cl)c1)C(=O)NCC(C)(C)O. The third kappa shape index (κ3) is 7.29. The normalized spacial score (nSPS) is 17.9. The molecule has 0 radical (unpaired) electrons. The van der Waals surface area contributed by atoms with E-state index in [1.54, 1.807) is 0 Å². The van der Waals surface area contributed by atoms with Gasteiger partial charge in [0.25, 0.3) is 15.9 Å². The van der Waals surface area contributed by atoms with Crippen LogP contribution in [-0.2, 0) is 31.6 Å². The molecule has 17 heteroatoms. The second kappa shape index (κ2) is 11.9. The maximum atomic E-state index is 14.1. The number of nitrogens with zero attached hydrogens (tertiary/aromatic N) is 3. The molecule has 2 aromatic carbocycles. The predicted molar refractivity (Wildman–Crippen MR) is 155 cm³/mol. The van der Waals surface area contributed by atoms with Gasteiger partial charge in [0.15, 0.2) is 5.03 Å². The number of halogens is 5. The monoisotopic (exact) mass is 677 g/mol. The van der Waals surface area contributed by atoms with E-state index in [0.717, 1.165) is 23.2 Å². The van der Waals surface area contributed by atoms with Crippen LogP contribution in [0.1, 0.15) is 33.3 Å². The highest BCUT2D eigenvalue weighted by Gasteiger charge is 2.52. The first kappa shape index (κ1) is 33.5. The minimum Gasteiger partial charge on any atom is -0.406 e. The van der Waals surface area contributed by atoms with Crippen LogP contribution in [0, 0.1) is 0 Å². The number of carbonyl (C=O) groups is 2. The number of benzene rings is 2. The van der Waals surface area contributed by atoms with Crippen molar-refractivity contribution >= 4 is 56.7 Å². The second-order valence-corrected chi connectivity index (χ2v) is 13.5. The molecule has 2 amide bonds. The highest BCUT2D eigenvalue weighted by Crippen LogP contribution is 2.44. The van der Waals surface area contributed by atoms with Crippen LogP contribution in [-0.4, -0.2) is 59.4 Å². The average molecular weight is 679 g/mol. The maximum absolute atomic E-state index is 14.1. The van der Waals surface area contributed by atoms with Gasteiger partial charge in [-0.1, -0.05) is 35.3 Å². The molecular formula is C27H28Cl2F3N5O6S. The topological polar surface area (TPSA) is 143 Å². The van der Waals surface area contributed by atoms with Gasteiger partial charge in [-0.2, -0.15) is 4.72 Å². The summed E-state index contributed by atoms with van der Waals surface area (Å²) in [5, 5.41) is 12.2. The average Bonchev–Trinajstić information content (AvgIpc) is 3.40. The number of rotatable bonds is 10. The van der Waals surface area contributed by atoms with Crippen LogP contribution >= 0.6 is 23.2 Å². The standard InChI is InChI=1S/C27H28Cl2F3N5O6S/c1-15(22(38)34-14-25(2,3)40)35-44(41,42)21-13-33-24-36(19-10-17(28)9-18(29)11-19)23(39)26(4,37(21)24)12-16-5-7-20(8-6-16)43-27(30,31)32/h5-11,13,15,35,40H,12,14H2,1-4H3,(H,34,38). The smallest absolute Gasteiger partial charge is 0.406 e. The number of alkyl halides is 3. The van der Waals surface area contributed by atoms with Gasteiger partial charge in [-0.25, -0.2) is 18.3 Å². The molecule has 2 atom stereocenters. The fourth-order valence-corrected chi connectivity index (χ4v) is 6.55. The molecule has 238 valence electrons. The third-order valence-corrected chi connectivity index (χ3v) is 8.51. The molecule has 0 aliphatic carbocycles. The van der Waals surface area contributed by atoms with Gasteiger partial charge >= 0.3 is 6.36 Å². The zero-order valence-electron chi connectivity index (χ0n) is 23.7. The second-order valence-electron chi connectivity index (χ2n) is 11.0. The molecular weight excluding hydrogens is 650 g/mol. The van der Waals surface area contributed by atoms with Crippen molar-refractivity contribution in [2.75, 3.05) is 11.4 Å². The van der Waals surface area contributed by atoms with E-state index in [4.69, 9.17) is 23.2 Å². The molecule has 44 heavy (non-hydrogen) atoms. The maximum Gasteiger partial charge on any atom is 0.573 e. The van der Waals surface area contributed by atoms with E-state index in [1.165, 1.54) is 62.6 Å². The molecule has 11 nitrogen and oxygen atoms in total. The van der Waals surface area contributed by atoms with E-state index in [2.05, 4.69) is 19.8 Å². The van der Waals surface area contributed by atoms with Crippen molar-refractivity contribution in [3.05, 3.63) is 64.3 Å². The van der Waals surface area contributed by atoms with Crippen molar-refractivity contribution < 1.29 is 41.0 Å². The summed E-state index contributed by atoms with van der Waals surface area (Å²) in [5.41, 5.74) is -2.37. The Morgan fingerprint density at radius 3 is 2.27 bits per heavy atom. The lowest BCUT2D eigenvalue weighted by atomic mass is 9.92. The predicted octanol–water partition coefficient (Wildman–Crippen LogP) is 4.28. The Labute approximate surface area is 261 Å². The number of carbonyl (C=O) groups excluding carboxylic acids is 2. The largest absolute Gasteiger partial charge is 0.573 e. The van der Waals surface area contributed by atoms with Crippen LogP contribution in [0.3, 0.4) is 0 Å². The summed E-state index contributed by atoms with van der Waals surface area (Å²) in [6.45, 7) is 5.53. The van der Waals surface area contributed by atoms with E-state index in [9.17, 15) is 36.3 Å². The van der Waals surface area contributed by atoms with Crippen LogP contribution in [0.25, 0.3) is 0 Å². The number of anilines is 2. The molecule has 1 aliphatic rings. The van der Waals surface area contributed by atoms with Crippen molar-refractivity contribution in [3.8, 4) is 5.75 Å².